The number of carbonyl (C=O) groups excluding carboxylic acids is 1. The quantitative estimate of drug-likeness (QED) is 0.585. The lowest BCUT2D eigenvalue weighted by molar-refractivity contribution is 0.260. The van der Waals surface area contributed by atoms with E-state index in [2.05, 4.69) is 30.9 Å². The van der Waals surface area contributed by atoms with E-state index >= 15 is 0 Å². The van der Waals surface area contributed by atoms with Crippen LogP contribution in [0.25, 0.3) is 23.0 Å². The van der Waals surface area contributed by atoms with E-state index < -0.39 is 6.03 Å². The van der Waals surface area contributed by atoms with Crippen molar-refractivity contribution in [3.8, 4) is 23.0 Å². The van der Waals surface area contributed by atoms with Crippen molar-refractivity contribution in [2.24, 2.45) is 0 Å². The lowest BCUT2D eigenvalue weighted by Crippen LogP contribution is -2.29. The molecule has 1 aromatic carbocycles. The van der Waals surface area contributed by atoms with Crippen molar-refractivity contribution in [1.29, 1.82) is 0 Å². The molecule has 0 atom stereocenters. The van der Waals surface area contributed by atoms with Crippen LogP contribution in [0.5, 0.6) is 0 Å². The molecule has 0 aliphatic carbocycles. The van der Waals surface area contributed by atoms with Crippen LogP contribution >= 0.6 is 0 Å². The Labute approximate surface area is 154 Å². The number of nitrogens with one attached hydrogen (secondary N) is 2. The molecule has 2 N–H and O–H groups in total. The van der Waals surface area contributed by atoms with Crippen LogP contribution in [-0.4, -0.2) is 30.9 Å². The number of anilines is 1. The predicted molar refractivity (Wildman–Crippen MR) is 101 cm³/mol. The maximum absolute atomic E-state index is 12.5. The van der Waals surface area contributed by atoms with Gasteiger partial charge in [0.2, 0.25) is 11.6 Å². The Bertz CT molecular complexity index is 977. The maximum Gasteiger partial charge on any atom is 0.338 e. The molecule has 8 heteroatoms. The molecular formula is C19H15N7O. The number of carbonyl (C=O) groups is 1. The van der Waals surface area contributed by atoms with Gasteiger partial charge in [-0.3, -0.25) is 9.97 Å². The summed E-state index contributed by atoms with van der Waals surface area (Å²) in [6.45, 7) is 0. The van der Waals surface area contributed by atoms with Crippen molar-refractivity contribution >= 4 is 11.7 Å². The average molecular weight is 357 g/mol. The van der Waals surface area contributed by atoms with Crippen LogP contribution in [0.15, 0.2) is 79.1 Å². The predicted octanol–water partition coefficient (Wildman–Crippen LogP) is 3.18. The molecule has 132 valence electrons. The van der Waals surface area contributed by atoms with E-state index in [9.17, 15) is 4.79 Å². The molecule has 0 saturated carbocycles. The second-order valence-electron chi connectivity index (χ2n) is 5.54. The molecule has 0 aliphatic heterocycles. The van der Waals surface area contributed by atoms with Gasteiger partial charge in [0.25, 0.3) is 0 Å². The third-order valence-electron chi connectivity index (χ3n) is 3.70. The number of hydrogen-bond acceptors (Lipinski definition) is 5. The molecule has 2 amide bonds. The van der Waals surface area contributed by atoms with Crippen molar-refractivity contribution in [3.05, 3.63) is 79.1 Å². The Hall–Kier alpha value is -4.07. The summed E-state index contributed by atoms with van der Waals surface area (Å²) in [6.07, 6.45) is 3.30. The molecule has 4 rings (SSSR count). The summed E-state index contributed by atoms with van der Waals surface area (Å²) in [5.74, 6) is 0.805. The SMILES string of the molecule is O=C(Nc1ccccc1)Nn1c(-c2ccccn2)nnc1-c1ccccn1. The minimum Gasteiger partial charge on any atom is -0.307 e. The zero-order chi connectivity index (χ0) is 18.5. The van der Waals surface area contributed by atoms with Crippen LogP contribution in [0.2, 0.25) is 0 Å². The highest BCUT2D eigenvalue weighted by Gasteiger charge is 2.19. The lowest BCUT2D eigenvalue weighted by atomic mass is 10.3. The number of urea groups is 1. The lowest BCUT2D eigenvalue weighted by Gasteiger charge is -2.12. The summed E-state index contributed by atoms with van der Waals surface area (Å²) in [6, 6.07) is 19.6. The van der Waals surface area contributed by atoms with Crippen molar-refractivity contribution in [2.75, 3.05) is 10.7 Å². The van der Waals surface area contributed by atoms with Gasteiger partial charge in [0.1, 0.15) is 11.4 Å². The van der Waals surface area contributed by atoms with Gasteiger partial charge < -0.3 is 5.32 Å². The Morgan fingerprint density at radius 1 is 0.741 bits per heavy atom. The van der Waals surface area contributed by atoms with Crippen LogP contribution < -0.4 is 10.7 Å². The normalized spacial score (nSPS) is 10.4. The highest BCUT2D eigenvalue weighted by molar-refractivity contribution is 5.95. The van der Waals surface area contributed by atoms with Gasteiger partial charge in [-0.2, -0.15) is 0 Å². The Morgan fingerprint density at radius 3 is 1.81 bits per heavy atom. The first-order chi connectivity index (χ1) is 13.3. The first-order valence-corrected chi connectivity index (χ1v) is 8.22. The molecule has 0 aliphatic rings. The Morgan fingerprint density at radius 2 is 1.30 bits per heavy atom. The van der Waals surface area contributed by atoms with Crippen molar-refractivity contribution in [3.63, 3.8) is 0 Å². The first-order valence-electron chi connectivity index (χ1n) is 8.22. The number of hydrogen-bond donors (Lipinski definition) is 2. The van der Waals surface area contributed by atoms with Crippen molar-refractivity contribution in [2.45, 2.75) is 0 Å². The van der Waals surface area contributed by atoms with E-state index in [0.717, 1.165) is 0 Å². The highest BCUT2D eigenvalue weighted by Crippen LogP contribution is 2.20. The molecule has 0 spiro atoms. The van der Waals surface area contributed by atoms with Gasteiger partial charge in [-0.15, -0.1) is 10.2 Å². The highest BCUT2D eigenvalue weighted by atomic mass is 16.2. The largest absolute Gasteiger partial charge is 0.338 e. The van der Waals surface area contributed by atoms with E-state index in [1.165, 1.54) is 4.68 Å². The Kier molecular flexibility index (Phi) is 4.52. The molecule has 27 heavy (non-hydrogen) atoms. The zero-order valence-electron chi connectivity index (χ0n) is 14.1. The van der Waals surface area contributed by atoms with Crippen molar-refractivity contribution in [1.82, 2.24) is 24.8 Å². The minimum atomic E-state index is -0.435. The van der Waals surface area contributed by atoms with Crippen molar-refractivity contribution < 1.29 is 4.79 Å². The van der Waals surface area contributed by atoms with Crippen LogP contribution in [-0.2, 0) is 0 Å². The second-order valence-corrected chi connectivity index (χ2v) is 5.54. The van der Waals surface area contributed by atoms with Gasteiger partial charge in [0.15, 0.2) is 0 Å². The van der Waals surface area contributed by atoms with Gasteiger partial charge in [-0.25, -0.2) is 14.9 Å². The summed E-state index contributed by atoms with van der Waals surface area (Å²) in [5.41, 5.74) is 4.59. The van der Waals surface area contributed by atoms with Gasteiger partial charge in [-0.1, -0.05) is 30.3 Å². The number of rotatable bonds is 4. The van der Waals surface area contributed by atoms with E-state index in [1.807, 2.05) is 30.3 Å². The second kappa shape index (κ2) is 7.44. The fourth-order valence-corrected chi connectivity index (χ4v) is 2.49. The summed E-state index contributed by atoms with van der Waals surface area (Å²) in [4.78, 5) is 21.1. The summed E-state index contributed by atoms with van der Waals surface area (Å²) in [5, 5.41) is 11.2. The third kappa shape index (κ3) is 3.64. The number of pyridine rings is 2. The van der Waals surface area contributed by atoms with E-state index in [0.29, 0.717) is 28.7 Å². The number of aromatic nitrogens is 5. The molecule has 0 saturated heterocycles. The van der Waals surface area contributed by atoms with Gasteiger partial charge in [0.05, 0.1) is 0 Å². The van der Waals surface area contributed by atoms with Gasteiger partial charge in [0, 0.05) is 18.1 Å². The molecule has 4 aromatic rings. The topological polar surface area (TPSA) is 97.6 Å². The van der Waals surface area contributed by atoms with Crippen LogP contribution in [0.4, 0.5) is 10.5 Å². The molecule has 0 bridgehead atoms. The standard InChI is InChI=1S/C19H15N7O/c27-19(22-14-8-2-1-3-9-14)25-26-17(15-10-4-6-12-20-15)23-24-18(26)16-11-5-7-13-21-16/h1-13H,(H2,22,25,27). The molecular weight excluding hydrogens is 342 g/mol. The van der Waals surface area contributed by atoms with Crippen LogP contribution in [0, 0.1) is 0 Å². The fraction of sp³-hybridized carbons (Fsp3) is 0. The monoisotopic (exact) mass is 357 g/mol. The van der Waals surface area contributed by atoms with Crippen LogP contribution in [0.1, 0.15) is 0 Å². The van der Waals surface area contributed by atoms with E-state index in [1.54, 1.807) is 48.8 Å². The number of nitrogens with zero attached hydrogens (tertiary/aromatic N) is 5. The fourth-order valence-electron chi connectivity index (χ4n) is 2.49. The molecule has 0 radical (unpaired) electrons. The zero-order valence-corrected chi connectivity index (χ0v) is 14.1. The third-order valence-corrected chi connectivity index (χ3v) is 3.70. The molecule has 0 fully saturated rings. The molecule has 8 nitrogen and oxygen atoms in total. The van der Waals surface area contributed by atoms with E-state index in [-0.39, 0.29) is 0 Å². The first kappa shape index (κ1) is 16.4. The number of benzene rings is 1. The summed E-state index contributed by atoms with van der Waals surface area (Å²) >= 11 is 0. The molecule has 3 aromatic heterocycles. The molecule has 3 heterocycles. The van der Waals surface area contributed by atoms with Gasteiger partial charge >= 0.3 is 6.03 Å². The van der Waals surface area contributed by atoms with Crippen LogP contribution in [0.3, 0.4) is 0 Å². The Balaban J connectivity index is 1.70. The maximum atomic E-state index is 12.5. The van der Waals surface area contributed by atoms with E-state index in [4.69, 9.17) is 0 Å². The van der Waals surface area contributed by atoms with Gasteiger partial charge in [-0.05, 0) is 36.4 Å². The number of amides is 2. The smallest absolute Gasteiger partial charge is 0.307 e. The molecule has 0 unspecified atom stereocenters. The number of para-hydroxylation sites is 1. The average Bonchev–Trinajstić information content (AvgIpc) is 3.13. The minimum absolute atomic E-state index is 0.402. The summed E-state index contributed by atoms with van der Waals surface area (Å²) < 4.78 is 1.48. The summed E-state index contributed by atoms with van der Waals surface area (Å²) in [7, 11) is 0.